The lowest BCUT2D eigenvalue weighted by Gasteiger charge is -2.45. The molecule has 0 aromatic carbocycles. The molecule has 0 radical (unpaired) electrons. The largest absolute Gasteiger partial charge is 0.301 e. The predicted octanol–water partition coefficient (Wildman–Crippen LogP) is 1.42. The maximum atomic E-state index is 2.59. The van der Waals surface area contributed by atoms with Gasteiger partial charge in [0, 0.05) is 31.2 Å². The lowest BCUT2D eigenvalue weighted by atomic mass is 10.0. The van der Waals surface area contributed by atoms with E-state index in [2.05, 4.69) is 44.5 Å². The van der Waals surface area contributed by atoms with Gasteiger partial charge in [-0.3, -0.25) is 4.90 Å². The molecule has 1 heterocycles. The fourth-order valence-electron chi connectivity index (χ4n) is 2.05. The van der Waals surface area contributed by atoms with E-state index < -0.39 is 0 Å². The minimum Gasteiger partial charge on any atom is -0.301 e. The highest BCUT2D eigenvalue weighted by Crippen LogP contribution is 2.17. The number of hydrogen-bond donors (Lipinski definition) is 0. The summed E-state index contributed by atoms with van der Waals surface area (Å²) in [4.78, 5) is 5.04. The molecule has 1 saturated heterocycles. The van der Waals surface area contributed by atoms with E-state index in [4.69, 9.17) is 0 Å². The lowest BCUT2D eigenvalue weighted by molar-refractivity contribution is 0.0319. The first-order valence-electron chi connectivity index (χ1n) is 5.00. The van der Waals surface area contributed by atoms with Gasteiger partial charge in [0.25, 0.3) is 0 Å². The van der Waals surface area contributed by atoms with E-state index in [1.807, 2.05) is 0 Å². The molecular formula is C10H22N2. The topological polar surface area (TPSA) is 6.48 Å². The zero-order valence-electron chi connectivity index (χ0n) is 9.04. The van der Waals surface area contributed by atoms with Gasteiger partial charge in [-0.1, -0.05) is 0 Å². The average Bonchev–Trinajstić information content (AvgIpc) is 2.00. The maximum absolute atomic E-state index is 2.59. The molecule has 0 amide bonds. The Morgan fingerprint density at radius 3 is 2.17 bits per heavy atom. The first-order chi connectivity index (χ1) is 5.54. The summed E-state index contributed by atoms with van der Waals surface area (Å²) in [6, 6.07) is 2.08. The van der Waals surface area contributed by atoms with Crippen LogP contribution >= 0.6 is 0 Å². The number of hydrogen-bond acceptors (Lipinski definition) is 2. The third-order valence-corrected chi connectivity index (χ3v) is 3.29. The molecule has 72 valence electrons. The van der Waals surface area contributed by atoms with Gasteiger partial charge in [-0.15, -0.1) is 0 Å². The summed E-state index contributed by atoms with van der Waals surface area (Å²) in [6.07, 6.45) is 0. The quantitative estimate of drug-likeness (QED) is 0.587. The Balaban J connectivity index is 2.58. The first-order valence-corrected chi connectivity index (χ1v) is 5.00. The molecule has 0 aliphatic carbocycles. The molecule has 2 atom stereocenters. The standard InChI is InChI=1S/C10H22N2/c1-8(2)12-7-6-11(5)9(3)10(12)4/h8-10H,6-7H2,1-5H3/t9-,10-/m1/s1. The average molecular weight is 170 g/mol. The minimum absolute atomic E-state index is 0.691. The van der Waals surface area contributed by atoms with Gasteiger partial charge >= 0.3 is 0 Å². The molecule has 1 aliphatic heterocycles. The summed E-state index contributed by atoms with van der Waals surface area (Å²) in [5, 5.41) is 0. The molecule has 0 unspecified atom stereocenters. The second-order valence-electron chi connectivity index (χ2n) is 4.29. The van der Waals surface area contributed by atoms with Gasteiger partial charge < -0.3 is 4.90 Å². The van der Waals surface area contributed by atoms with Gasteiger partial charge in [0.2, 0.25) is 0 Å². The molecule has 0 N–H and O–H groups in total. The van der Waals surface area contributed by atoms with Crippen LogP contribution < -0.4 is 0 Å². The second kappa shape index (κ2) is 3.75. The van der Waals surface area contributed by atoms with Crippen molar-refractivity contribution in [3.63, 3.8) is 0 Å². The monoisotopic (exact) mass is 170 g/mol. The van der Waals surface area contributed by atoms with Crippen molar-refractivity contribution in [1.29, 1.82) is 0 Å². The highest BCUT2D eigenvalue weighted by Gasteiger charge is 2.29. The zero-order chi connectivity index (χ0) is 9.30. The molecule has 0 aromatic rings. The van der Waals surface area contributed by atoms with Crippen LogP contribution in [0.2, 0.25) is 0 Å². The molecule has 1 rings (SSSR count). The fraction of sp³-hybridized carbons (Fsp3) is 1.00. The Morgan fingerprint density at radius 1 is 1.08 bits per heavy atom. The van der Waals surface area contributed by atoms with Crippen LogP contribution in [-0.2, 0) is 0 Å². The van der Waals surface area contributed by atoms with Crippen LogP contribution in [0.25, 0.3) is 0 Å². The third kappa shape index (κ3) is 1.80. The summed E-state index contributed by atoms with van der Waals surface area (Å²) >= 11 is 0. The Bertz CT molecular complexity index is 145. The van der Waals surface area contributed by atoms with Crippen molar-refractivity contribution < 1.29 is 0 Å². The van der Waals surface area contributed by atoms with E-state index in [-0.39, 0.29) is 0 Å². The first kappa shape index (κ1) is 10.0. The van der Waals surface area contributed by atoms with Crippen molar-refractivity contribution >= 4 is 0 Å². The minimum atomic E-state index is 0.691. The molecule has 1 fully saturated rings. The highest BCUT2D eigenvalue weighted by molar-refractivity contribution is 4.86. The third-order valence-electron chi connectivity index (χ3n) is 3.29. The Morgan fingerprint density at radius 2 is 1.67 bits per heavy atom. The van der Waals surface area contributed by atoms with E-state index >= 15 is 0 Å². The highest BCUT2D eigenvalue weighted by atomic mass is 15.3. The molecule has 0 aromatic heterocycles. The van der Waals surface area contributed by atoms with Crippen LogP contribution in [0, 0.1) is 0 Å². The van der Waals surface area contributed by atoms with E-state index in [9.17, 15) is 0 Å². The Hall–Kier alpha value is -0.0800. The molecule has 1 aliphatic rings. The van der Waals surface area contributed by atoms with Crippen LogP contribution in [0.15, 0.2) is 0 Å². The normalized spacial score (nSPS) is 34.5. The number of rotatable bonds is 1. The summed E-state index contributed by atoms with van der Waals surface area (Å²) in [5.41, 5.74) is 0. The molecule has 2 nitrogen and oxygen atoms in total. The van der Waals surface area contributed by atoms with E-state index in [1.165, 1.54) is 13.1 Å². The fourth-order valence-corrected chi connectivity index (χ4v) is 2.05. The van der Waals surface area contributed by atoms with Crippen LogP contribution in [-0.4, -0.2) is 48.1 Å². The van der Waals surface area contributed by atoms with E-state index in [0.717, 1.165) is 0 Å². The van der Waals surface area contributed by atoms with Gasteiger partial charge in [0.15, 0.2) is 0 Å². The molecule has 0 bridgehead atoms. The SMILES string of the molecule is CC(C)N1CCN(C)[C@H](C)[C@H]1C. The van der Waals surface area contributed by atoms with Gasteiger partial charge in [0.05, 0.1) is 0 Å². The summed E-state index contributed by atoms with van der Waals surface area (Å²) < 4.78 is 0. The summed E-state index contributed by atoms with van der Waals surface area (Å²) in [7, 11) is 2.22. The van der Waals surface area contributed by atoms with Gasteiger partial charge in [-0.05, 0) is 34.7 Å². The number of nitrogens with zero attached hydrogens (tertiary/aromatic N) is 2. The second-order valence-corrected chi connectivity index (χ2v) is 4.29. The maximum Gasteiger partial charge on any atom is 0.0223 e. The predicted molar refractivity (Wildman–Crippen MR) is 53.4 cm³/mol. The summed E-state index contributed by atoms with van der Waals surface area (Å²) in [6.45, 7) is 11.7. The number of piperazine rings is 1. The number of likely N-dealkylation sites (N-methyl/N-ethyl adjacent to an activating group) is 1. The van der Waals surface area contributed by atoms with E-state index in [0.29, 0.717) is 18.1 Å². The molecular weight excluding hydrogens is 148 g/mol. The van der Waals surface area contributed by atoms with Crippen LogP contribution in [0.5, 0.6) is 0 Å². The lowest BCUT2D eigenvalue weighted by Crippen LogP contribution is -2.57. The van der Waals surface area contributed by atoms with Crippen molar-refractivity contribution in [2.24, 2.45) is 0 Å². The van der Waals surface area contributed by atoms with Crippen LogP contribution in [0.3, 0.4) is 0 Å². The van der Waals surface area contributed by atoms with Crippen molar-refractivity contribution in [3.8, 4) is 0 Å². The van der Waals surface area contributed by atoms with Crippen molar-refractivity contribution in [2.75, 3.05) is 20.1 Å². The van der Waals surface area contributed by atoms with Gasteiger partial charge in [-0.25, -0.2) is 0 Å². The Kier molecular flexibility index (Phi) is 3.13. The zero-order valence-corrected chi connectivity index (χ0v) is 9.04. The molecule has 2 heteroatoms. The van der Waals surface area contributed by atoms with Crippen molar-refractivity contribution in [3.05, 3.63) is 0 Å². The van der Waals surface area contributed by atoms with Crippen molar-refractivity contribution in [1.82, 2.24) is 9.80 Å². The van der Waals surface area contributed by atoms with Gasteiger partial charge in [-0.2, -0.15) is 0 Å². The van der Waals surface area contributed by atoms with Crippen molar-refractivity contribution in [2.45, 2.75) is 45.8 Å². The Labute approximate surface area is 76.5 Å². The smallest absolute Gasteiger partial charge is 0.0223 e. The van der Waals surface area contributed by atoms with Crippen LogP contribution in [0.4, 0.5) is 0 Å². The van der Waals surface area contributed by atoms with E-state index in [1.54, 1.807) is 0 Å². The molecule has 0 saturated carbocycles. The summed E-state index contributed by atoms with van der Waals surface area (Å²) in [5.74, 6) is 0. The molecule has 0 spiro atoms. The molecule has 12 heavy (non-hydrogen) atoms. The van der Waals surface area contributed by atoms with Gasteiger partial charge in [0.1, 0.15) is 0 Å². The van der Waals surface area contributed by atoms with Crippen LogP contribution in [0.1, 0.15) is 27.7 Å².